The van der Waals surface area contributed by atoms with Crippen LogP contribution in [-0.4, -0.2) is 28.9 Å². The Hall–Kier alpha value is -1.91. The average Bonchev–Trinajstić information content (AvgIpc) is 3.54. The van der Waals surface area contributed by atoms with Crippen LogP contribution in [0.1, 0.15) is 205 Å². The summed E-state index contributed by atoms with van der Waals surface area (Å²) >= 11 is 0. The first-order chi connectivity index (χ1) is 25.7. The van der Waals surface area contributed by atoms with Gasteiger partial charge in [-0.3, -0.25) is 24.0 Å². The molecule has 5 heteroatoms. The third-order valence-corrected chi connectivity index (χ3v) is 13.7. The van der Waals surface area contributed by atoms with Gasteiger partial charge >= 0.3 is 0 Å². The summed E-state index contributed by atoms with van der Waals surface area (Å²) in [6, 6.07) is 0. The van der Waals surface area contributed by atoms with E-state index in [1.54, 1.807) is 0 Å². The van der Waals surface area contributed by atoms with E-state index >= 15 is 0 Å². The molecule has 0 saturated heterocycles. The largest absolute Gasteiger partial charge is 0.300 e. The van der Waals surface area contributed by atoms with Gasteiger partial charge in [0.2, 0.25) is 0 Å². The zero-order valence-electron chi connectivity index (χ0n) is 38.1. The molecule has 0 N–H and O–H groups in total. The van der Waals surface area contributed by atoms with Gasteiger partial charge in [-0.1, -0.05) is 102 Å². The van der Waals surface area contributed by atoms with Crippen molar-refractivity contribution in [1.82, 2.24) is 0 Å². The normalized spacial score (nSPS) is 25.9. The number of ketones is 5. The minimum Gasteiger partial charge on any atom is -0.300 e. The van der Waals surface area contributed by atoms with Crippen LogP contribution in [0, 0.1) is 71.0 Å². The Morgan fingerprint density at radius 1 is 0.364 bits per heavy atom. The van der Waals surface area contributed by atoms with Crippen LogP contribution in [-0.2, 0) is 24.0 Å². The lowest BCUT2D eigenvalue weighted by molar-refractivity contribution is -0.128. The lowest BCUT2D eigenvalue weighted by atomic mass is 9.74. The fourth-order valence-corrected chi connectivity index (χ4v) is 8.70. The third kappa shape index (κ3) is 20.9. The van der Waals surface area contributed by atoms with E-state index in [1.807, 2.05) is 0 Å². The van der Waals surface area contributed by atoms with Crippen molar-refractivity contribution in [3.8, 4) is 0 Å². The molecule has 4 atom stereocenters. The zero-order valence-corrected chi connectivity index (χ0v) is 38.1. The van der Waals surface area contributed by atoms with E-state index in [-0.39, 0.29) is 0 Å². The van der Waals surface area contributed by atoms with Gasteiger partial charge in [0.25, 0.3) is 0 Å². The molecule has 6 saturated carbocycles. The van der Waals surface area contributed by atoms with Crippen molar-refractivity contribution in [2.75, 3.05) is 0 Å². The predicted octanol–water partition coefficient (Wildman–Crippen LogP) is 13.4. The van der Waals surface area contributed by atoms with E-state index in [2.05, 4.69) is 89.7 Å². The van der Waals surface area contributed by atoms with Crippen molar-refractivity contribution < 1.29 is 24.0 Å². The molecule has 0 aliphatic heterocycles. The molecule has 6 aliphatic rings. The molecular weight excluding hydrogens is 681 g/mol. The van der Waals surface area contributed by atoms with Gasteiger partial charge in [0.15, 0.2) is 0 Å². The van der Waals surface area contributed by atoms with E-state index in [9.17, 15) is 24.0 Å². The van der Waals surface area contributed by atoms with Crippen LogP contribution in [0.15, 0.2) is 12.2 Å². The van der Waals surface area contributed by atoms with E-state index in [4.69, 9.17) is 0 Å². The second-order valence-electron chi connectivity index (χ2n) is 20.1. The number of carbonyl (C=O) groups excluding carboxylic acids is 5. The molecule has 0 aromatic carbocycles. The van der Waals surface area contributed by atoms with Gasteiger partial charge in [0, 0.05) is 63.7 Å². The van der Waals surface area contributed by atoms with Crippen molar-refractivity contribution >= 4 is 28.9 Å². The maximum Gasteiger partial charge on any atom is 0.136 e. The summed E-state index contributed by atoms with van der Waals surface area (Å²) in [7, 11) is 0. The Balaban J connectivity index is 0.000000331. The van der Waals surface area contributed by atoms with E-state index in [0.717, 1.165) is 120 Å². The standard InChI is InChI=1S/3C9H16O.C8H14O.C8H14.C7H12O/c1-7(2)8-3-5-9(10)6-4-8;1-7(2)8-4-3-5-9(10)6-8;1-7(2)8-5-3-4-6-9(8)10;1-6(2)7-3-4-8(9)5-7;1-6(2)8-5-4-7(8)3;1-5(2)6-3-7(8)4-6/h3*7-8H,3-6H2,1-2H3;6-7H,3-5H2,1-2H3;6,8H,3-5H2,1-2H3;5-6H,3-4H2,1-2H3. The predicted molar refractivity (Wildman–Crippen MR) is 232 cm³/mol. The lowest BCUT2D eigenvalue weighted by Gasteiger charge is -2.32. The van der Waals surface area contributed by atoms with Crippen LogP contribution < -0.4 is 0 Å². The lowest BCUT2D eigenvalue weighted by Crippen LogP contribution is -2.27. The number of hydrogen-bond donors (Lipinski definition) is 0. The molecule has 0 heterocycles. The summed E-state index contributed by atoms with van der Waals surface area (Å²) in [6.07, 6.45) is 19.5. The van der Waals surface area contributed by atoms with E-state index in [0.29, 0.717) is 76.3 Å². The molecule has 5 nitrogen and oxygen atoms in total. The van der Waals surface area contributed by atoms with Crippen LogP contribution in [0.3, 0.4) is 0 Å². The highest BCUT2D eigenvalue weighted by molar-refractivity contribution is 5.84. The second kappa shape index (κ2) is 26.9. The molecule has 0 spiro atoms. The molecular formula is C50H88O5. The summed E-state index contributed by atoms with van der Waals surface area (Å²) < 4.78 is 0. The highest BCUT2D eigenvalue weighted by Gasteiger charge is 2.29. The summed E-state index contributed by atoms with van der Waals surface area (Å²) in [5.74, 6) is 10.8. The number of allylic oxidation sites excluding steroid dienone is 1. The Bertz CT molecular complexity index is 1150. The topological polar surface area (TPSA) is 85.3 Å². The first kappa shape index (κ1) is 51.1. The fraction of sp³-hybridized carbons (Fsp3) is 0.860. The minimum absolute atomic E-state index is 0.383. The Morgan fingerprint density at radius 2 is 0.800 bits per heavy atom. The van der Waals surface area contributed by atoms with Gasteiger partial charge in [-0.05, 0) is 123 Å². The maximum absolute atomic E-state index is 11.2. The molecule has 6 fully saturated rings. The van der Waals surface area contributed by atoms with Crippen molar-refractivity contribution in [2.45, 2.75) is 205 Å². The average molecular weight is 769 g/mol. The summed E-state index contributed by atoms with van der Waals surface area (Å²) in [5.41, 5.74) is 1.47. The van der Waals surface area contributed by atoms with Gasteiger partial charge in [-0.2, -0.15) is 0 Å². The second-order valence-corrected chi connectivity index (χ2v) is 20.1. The molecule has 0 aromatic rings. The third-order valence-electron chi connectivity index (χ3n) is 13.7. The van der Waals surface area contributed by atoms with Gasteiger partial charge < -0.3 is 0 Å². The number of Topliss-reactive ketones (excluding diaryl/α,β-unsaturated/α-hetero) is 5. The van der Waals surface area contributed by atoms with E-state index in [1.165, 1.54) is 31.3 Å². The van der Waals surface area contributed by atoms with Crippen LogP contribution in [0.4, 0.5) is 0 Å². The Morgan fingerprint density at radius 3 is 1.07 bits per heavy atom. The first-order valence-electron chi connectivity index (χ1n) is 23.0. The molecule has 0 radical (unpaired) electrons. The molecule has 6 aliphatic carbocycles. The molecule has 4 unspecified atom stereocenters. The number of rotatable bonds is 6. The molecule has 6 rings (SSSR count). The van der Waals surface area contributed by atoms with E-state index < -0.39 is 0 Å². The quantitative estimate of drug-likeness (QED) is 0.251. The van der Waals surface area contributed by atoms with Gasteiger partial charge in [-0.15, -0.1) is 0 Å². The van der Waals surface area contributed by atoms with Gasteiger partial charge in [0.1, 0.15) is 28.9 Å². The highest BCUT2D eigenvalue weighted by atomic mass is 16.1. The molecule has 55 heavy (non-hydrogen) atoms. The summed E-state index contributed by atoms with van der Waals surface area (Å²) in [4.78, 5) is 54.2. The van der Waals surface area contributed by atoms with Crippen LogP contribution >= 0.6 is 0 Å². The Labute approximate surface area is 340 Å². The van der Waals surface area contributed by atoms with Crippen molar-refractivity contribution in [3.63, 3.8) is 0 Å². The van der Waals surface area contributed by atoms with Crippen molar-refractivity contribution in [3.05, 3.63) is 12.2 Å². The first-order valence-corrected chi connectivity index (χ1v) is 23.0. The molecule has 0 aromatic heterocycles. The summed E-state index contributed by atoms with van der Waals surface area (Å²) in [6.45, 7) is 30.5. The monoisotopic (exact) mass is 769 g/mol. The number of hydrogen-bond acceptors (Lipinski definition) is 5. The van der Waals surface area contributed by atoms with Crippen LogP contribution in [0.25, 0.3) is 0 Å². The SMILES string of the molecule is C=C1CCC1C(C)C.CC(C)C1CC(=O)C1.CC(C)C1CCC(=O)C1.CC(C)C1CCC(=O)CC1.CC(C)C1CCCC(=O)C1.CC(C)C1CCCCC1=O. The smallest absolute Gasteiger partial charge is 0.136 e. The van der Waals surface area contributed by atoms with Crippen molar-refractivity contribution in [1.29, 1.82) is 0 Å². The molecule has 0 bridgehead atoms. The van der Waals surface area contributed by atoms with Gasteiger partial charge in [-0.25, -0.2) is 0 Å². The van der Waals surface area contributed by atoms with Crippen molar-refractivity contribution in [2.24, 2.45) is 71.0 Å². The highest BCUT2D eigenvalue weighted by Crippen LogP contribution is 2.37. The van der Waals surface area contributed by atoms with Crippen LogP contribution in [0.5, 0.6) is 0 Å². The minimum atomic E-state index is 0.383. The molecule has 318 valence electrons. The fourth-order valence-electron chi connectivity index (χ4n) is 8.70. The summed E-state index contributed by atoms with van der Waals surface area (Å²) in [5, 5.41) is 0. The van der Waals surface area contributed by atoms with Gasteiger partial charge in [0.05, 0.1) is 0 Å². The zero-order chi connectivity index (χ0) is 41.8. The molecule has 0 amide bonds. The van der Waals surface area contributed by atoms with Crippen LogP contribution in [0.2, 0.25) is 0 Å². The maximum atomic E-state index is 11.2. The Kier molecular flexibility index (Phi) is 25.0. The number of carbonyl (C=O) groups is 5.